The lowest BCUT2D eigenvalue weighted by molar-refractivity contribution is 0.357. The van der Waals surface area contributed by atoms with Gasteiger partial charge >= 0.3 is 0 Å². The molecule has 1 N–H and O–H groups in total. The molecule has 0 amide bonds. The van der Waals surface area contributed by atoms with Gasteiger partial charge in [0.25, 0.3) is 0 Å². The summed E-state index contributed by atoms with van der Waals surface area (Å²) in [5.74, 6) is -0.0892. The summed E-state index contributed by atoms with van der Waals surface area (Å²) < 4.78 is 14.3. The molecule has 1 aromatic carbocycles. The number of thioether (sulfide) groups is 1. The molecule has 1 unspecified atom stereocenters. The average molecular weight is 295 g/mol. The van der Waals surface area contributed by atoms with Gasteiger partial charge < -0.3 is 5.32 Å². The molecule has 1 aliphatic rings. The van der Waals surface area contributed by atoms with Gasteiger partial charge in [-0.15, -0.1) is 0 Å². The molecule has 0 spiro atoms. The topological polar surface area (TPSA) is 12.0 Å². The highest BCUT2D eigenvalue weighted by Gasteiger charge is 2.31. The molecule has 0 saturated heterocycles. The van der Waals surface area contributed by atoms with Gasteiger partial charge in [-0.1, -0.05) is 44.4 Å². The van der Waals surface area contributed by atoms with E-state index < -0.39 is 0 Å². The first-order chi connectivity index (χ1) is 9.71. The lowest BCUT2D eigenvalue weighted by Crippen LogP contribution is -2.40. The Morgan fingerprint density at radius 1 is 1.25 bits per heavy atom. The molecule has 1 atom stereocenters. The minimum absolute atomic E-state index is 0.0892. The van der Waals surface area contributed by atoms with E-state index in [4.69, 9.17) is 0 Å². The van der Waals surface area contributed by atoms with Crippen LogP contribution in [0.25, 0.3) is 0 Å². The van der Waals surface area contributed by atoms with Crippen LogP contribution in [0.4, 0.5) is 4.39 Å². The van der Waals surface area contributed by atoms with E-state index >= 15 is 0 Å². The van der Waals surface area contributed by atoms with Crippen molar-refractivity contribution in [2.45, 2.75) is 56.2 Å². The van der Waals surface area contributed by atoms with Crippen LogP contribution in [0, 0.1) is 5.82 Å². The predicted molar refractivity (Wildman–Crippen MR) is 86.8 cm³/mol. The minimum atomic E-state index is -0.0892. The normalized spacial score (nSPS) is 19.8. The summed E-state index contributed by atoms with van der Waals surface area (Å²) in [5.41, 5.74) is 0.807. The summed E-state index contributed by atoms with van der Waals surface area (Å²) in [7, 11) is 0. The molecular formula is C17H26FNS. The number of rotatable bonds is 6. The van der Waals surface area contributed by atoms with Crippen molar-refractivity contribution in [3.05, 3.63) is 35.6 Å². The van der Waals surface area contributed by atoms with E-state index in [1.165, 1.54) is 32.1 Å². The van der Waals surface area contributed by atoms with E-state index in [-0.39, 0.29) is 11.9 Å². The maximum Gasteiger partial charge on any atom is 0.127 e. The average Bonchev–Trinajstić information content (AvgIpc) is 2.50. The zero-order valence-corrected chi connectivity index (χ0v) is 13.4. The lowest BCUT2D eigenvalue weighted by atomic mass is 9.87. The molecule has 0 aliphatic heterocycles. The number of nitrogens with one attached hydrogen (secondary N) is 1. The van der Waals surface area contributed by atoms with E-state index in [0.717, 1.165) is 18.5 Å². The third-order valence-corrected chi connectivity index (χ3v) is 5.98. The third-order valence-electron chi connectivity index (χ3n) is 4.56. The molecule has 1 saturated carbocycles. The SMILES string of the molecule is CCC(NCC1(SC)CCCCC1)c1ccccc1F. The molecular weight excluding hydrogens is 269 g/mol. The van der Waals surface area contributed by atoms with Crippen molar-refractivity contribution in [2.75, 3.05) is 12.8 Å². The fraction of sp³-hybridized carbons (Fsp3) is 0.647. The number of benzene rings is 1. The minimum Gasteiger partial charge on any atom is -0.308 e. The number of halogens is 1. The fourth-order valence-electron chi connectivity index (χ4n) is 3.19. The van der Waals surface area contributed by atoms with Crippen LogP contribution in [0.3, 0.4) is 0 Å². The van der Waals surface area contributed by atoms with Crippen LogP contribution in [-0.4, -0.2) is 17.5 Å². The molecule has 1 nitrogen and oxygen atoms in total. The molecule has 2 rings (SSSR count). The van der Waals surface area contributed by atoms with Crippen molar-refractivity contribution in [3.63, 3.8) is 0 Å². The van der Waals surface area contributed by atoms with Crippen molar-refractivity contribution in [1.82, 2.24) is 5.32 Å². The summed E-state index contributed by atoms with van der Waals surface area (Å²) in [5, 5.41) is 3.63. The smallest absolute Gasteiger partial charge is 0.127 e. The van der Waals surface area contributed by atoms with Crippen LogP contribution < -0.4 is 5.32 Å². The number of hydrogen-bond acceptors (Lipinski definition) is 2. The van der Waals surface area contributed by atoms with E-state index in [0.29, 0.717) is 4.75 Å². The molecule has 1 aromatic rings. The van der Waals surface area contributed by atoms with Gasteiger partial charge in [0.05, 0.1) is 0 Å². The van der Waals surface area contributed by atoms with E-state index in [1.807, 2.05) is 23.9 Å². The first kappa shape index (κ1) is 15.8. The van der Waals surface area contributed by atoms with E-state index in [2.05, 4.69) is 18.5 Å². The Morgan fingerprint density at radius 2 is 1.95 bits per heavy atom. The second kappa shape index (κ2) is 7.46. The van der Waals surface area contributed by atoms with Crippen molar-refractivity contribution < 1.29 is 4.39 Å². The maximum absolute atomic E-state index is 13.9. The van der Waals surface area contributed by atoms with Gasteiger partial charge in [0.1, 0.15) is 5.82 Å². The Labute approximate surface area is 126 Å². The maximum atomic E-state index is 13.9. The second-order valence-electron chi connectivity index (χ2n) is 5.81. The Kier molecular flexibility index (Phi) is 5.91. The quantitative estimate of drug-likeness (QED) is 0.798. The van der Waals surface area contributed by atoms with E-state index in [1.54, 1.807) is 12.1 Å². The van der Waals surface area contributed by atoms with Gasteiger partial charge in [0, 0.05) is 22.9 Å². The van der Waals surface area contributed by atoms with Crippen LogP contribution in [0.5, 0.6) is 0 Å². The first-order valence-electron chi connectivity index (χ1n) is 7.74. The Hall–Kier alpha value is -0.540. The summed E-state index contributed by atoms with van der Waals surface area (Å²) in [6.45, 7) is 3.11. The molecule has 0 bridgehead atoms. The van der Waals surface area contributed by atoms with Crippen LogP contribution in [0.15, 0.2) is 24.3 Å². The molecule has 1 aliphatic carbocycles. The molecule has 0 aromatic heterocycles. The van der Waals surface area contributed by atoms with Crippen LogP contribution >= 0.6 is 11.8 Å². The Bertz CT molecular complexity index is 415. The molecule has 0 radical (unpaired) electrons. The Morgan fingerprint density at radius 3 is 2.55 bits per heavy atom. The standard InChI is InChI=1S/C17H26FNS/c1-3-16(14-9-5-6-10-15(14)18)19-13-17(20-2)11-7-4-8-12-17/h5-6,9-10,16,19H,3-4,7-8,11-13H2,1-2H3. The number of hydrogen-bond donors (Lipinski definition) is 1. The molecule has 3 heteroatoms. The summed E-state index contributed by atoms with van der Waals surface area (Å²) in [4.78, 5) is 0. The fourth-order valence-corrected chi connectivity index (χ4v) is 4.11. The van der Waals surface area contributed by atoms with Gasteiger partial charge in [0.15, 0.2) is 0 Å². The first-order valence-corrected chi connectivity index (χ1v) is 8.96. The largest absolute Gasteiger partial charge is 0.308 e. The lowest BCUT2D eigenvalue weighted by Gasteiger charge is -2.37. The van der Waals surface area contributed by atoms with Crippen molar-refractivity contribution >= 4 is 11.8 Å². The monoisotopic (exact) mass is 295 g/mol. The van der Waals surface area contributed by atoms with Gasteiger partial charge in [-0.3, -0.25) is 0 Å². The van der Waals surface area contributed by atoms with Gasteiger partial charge in [0.2, 0.25) is 0 Å². The van der Waals surface area contributed by atoms with Crippen molar-refractivity contribution in [1.29, 1.82) is 0 Å². The highest BCUT2D eigenvalue weighted by molar-refractivity contribution is 8.00. The summed E-state index contributed by atoms with van der Waals surface area (Å²) in [6, 6.07) is 7.28. The molecule has 1 fully saturated rings. The highest BCUT2D eigenvalue weighted by atomic mass is 32.2. The highest BCUT2D eigenvalue weighted by Crippen LogP contribution is 2.38. The third kappa shape index (κ3) is 3.76. The second-order valence-corrected chi connectivity index (χ2v) is 7.09. The van der Waals surface area contributed by atoms with Gasteiger partial charge in [-0.2, -0.15) is 11.8 Å². The summed E-state index contributed by atoms with van der Waals surface area (Å²) in [6.07, 6.45) is 9.75. The molecule has 0 heterocycles. The summed E-state index contributed by atoms with van der Waals surface area (Å²) >= 11 is 1.99. The van der Waals surface area contributed by atoms with E-state index in [9.17, 15) is 4.39 Å². The predicted octanol–water partition coefficient (Wildman–Crippen LogP) is 4.93. The Balaban J connectivity index is 2.01. The molecule has 20 heavy (non-hydrogen) atoms. The van der Waals surface area contributed by atoms with Gasteiger partial charge in [-0.25, -0.2) is 4.39 Å². The van der Waals surface area contributed by atoms with Crippen LogP contribution in [0.1, 0.15) is 57.1 Å². The van der Waals surface area contributed by atoms with Gasteiger partial charge in [-0.05, 0) is 31.6 Å². The van der Waals surface area contributed by atoms with Crippen LogP contribution in [-0.2, 0) is 0 Å². The van der Waals surface area contributed by atoms with Crippen LogP contribution in [0.2, 0.25) is 0 Å². The zero-order valence-electron chi connectivity index (χ0n) is 12.6. The zero-order chi connectivity index (χ0) is 14.4. The van der Waals surface area contributed by atoms with Crippen molar-refractivity contribution in [2.24, 2.45) is 0 Å². The van der Waals surface area contributed by atoms with Crippen molar-refractivity contribution in [3.8, 4) is 0 Å². The molecule has 112 valence electrons.